The van der Waals surface area contributed by atoms with Gasteiger partial charge in [0.1, 0.15) is 0 Å². The van der Waals surface area contributed by atoms with Crippen molar-refractivity contribution in [1.82, 2.24) is 15.5 Å². The molecule has 35 heavy (non-hydrogen) atoms. The zero-order valence-corrected chi connectivity index (χ0v) is 20.4. The minimum absolute atomic E-state index is 0.248. The number of para-hydroxylation sites is 1. The number of methoxy groups -OCH3 is 2. The number of nitrogens with zero attached hydrogens (tertiary/aromatic N) is 3. The van der Waals surface area contributed by atoms with Crippen LogP contribution in [0.1, 0.15) is 24.4 Å². The summed E-state index contributed by atoms with van der Waals surface area (Å²) in [7, 11) is 3.19. The smallest absolute Gasteiger partial charge is 0.258 e. The second-order valence-corrected chi connectivity index (χ2v) is 8.34. The quantitative estimate of drug-likeness (QED) is 0.354. The van der Waals surface area contributed by atoms with E-state index in [4.69, 9.17) is 31.2 Å². The summed E-state index contributed by atoms with van der Waals surface area (Å²) in [4.78, 5) is 6.76. The van der Waals surface area contributed by atoms with Gasteiger partial charge in [-0.2, -0.15) is 4.98 Å². The summed E-state index contributed by atoms with van der Waals surface area (Å²) in [5.74, 6) is 2.09. The number of nitrogens with one attached hydrogen (secondary N) is 1. The summed E-state index contributed by atoms with van der Waals surface area (Å²) >= 11 is 5.79. The van der Waals surface area contributed by atoms with Crippen LogP contribution in [0, 0.1) is 0 Å². The van der Waals surface area contributed by atoms with Crippen LogP contribution in [0.4, 0.5) is 5.69 Å². The molecule has 1 unspecified atom stereocenters. The maximum Gasteiger partial charge on any atom is 0.258 e. The van der Waals surface area contributed by atoms with Gasteiger partial charge in [-0.3, -0.25) is 4.90 Å². The van der Waals surface area contributed by atoms with Crippen LogP contribution in [-0.2, 0) is 0 Å². The summed E-state index contributed by atoms with van der Waals surface area (Å²) in [6.45, 7) is 2.02. The maximum atomic E-state index is 5.83. The Morgan fingerprint density at radius 3 is 2.29 bits per heavy atom. The summed E-state index contributed by atoms with van der Waals surface area (Å²) in [6, 6.07) is 25.3. The van der Waals surface area contributed by atoms with Gasteiger partial charge in [0.25, 0.3) is 5.89 Å². The summed E-state index contributed by atoms with van der Waals surface area (Å²) in [6.07, 6.45) is 0. The predicted molar refractivity (Wildman–Crippen MR) is 139 cm³/mol. The average Bonchev–Trinajstić information content (AvgIpc) is 3.39. The predicted octanol–water partition coefficient (Wildman–Crippen LogP) is 5.62. The SMILES string of the molecule is COc1ccc(-c2noc(C3=C(C)N(c4ccccc4)C(=S)NC3c3ccccc3)n2)cc1OC. The van der Waals surface area contributed by atoms with Crippen molar-refractivity contribution < 1.29 is 14.0 Å². The molecule has 5 rings (SSSR count). The van der Waals surface area contributed by atoms with Crippen LogP contribution < -0.4 is 19.7 Å². The standard InChI is InChI=1S/C27H24N4O3S/c1-17-23(26-29-25(30-34-26)19-14-15-21(32-2)22(16-19)33-3)24(18-10-6-4-7-11-18)28-27(35)31(17)20-12-8-5-9-13-20/h4-16,24H,1-3H3,(H,28,35). The van der Waals surface area contributed by atoms with E-state index >= 15 is 0 Å². The molecule has 0 aliphatic carbocycles. The number of benzene rings is 3. The van der Waals surface area contributed by atoms with Gasteiger partial charge in [0.2, 0.25) is 5.82 Å². The minimum Gasteiger partial charge on any atom is -0.493 e. The van der Waals surface area contributed by atoms with Gasteiger partial charge in [-0.1, -0.05) is 53.7 Å². The monoisotopic (exact) mass is 484 g/mol. The van der Waals surface area contributed by atoms with Crippen molar-refractivity contribution >= 4 is 28.6 Å². The van der Waals surface area contributed by atoms with E-state index in [2.05, 4.69) is 22.6 Å². The minimum atomic E-state index is -0.248. The molecule has 176 valence electrons. The van der Waals surface area contributed by atoms with Crippen molar-refractivity contribution in [2.24, 2.45) is 0 Å². The van der Waals surface area contributed by atoms with Crippen molar-refractivity contribution in [2.45, 2.75) is 13.0 Å². The molecule has 1 aliphatic heterocycles. The highest BCUT2D eigenvalue weighted by Crippen LogP contribution is 2.39. The lowest BCUT2D eigenvalue weighted by Crippen LogP contribution is -2.46. The first-order chi connectivity index (χ1) is 17.1. The second kappa shape index (κ2) is 9.60. The first-order valence-corrected chi connectivity index (χ1v) is 11.5. The van der Waals surface area contributed by atoms with E-state index in [0.717, 1.165) is 28.1 Å². The number of thiocarbonyl (C=S) groups is 1. The number of hydrogen-bond acceptors (Lipinski definition) is 6. The third-order valence-electron chi connectivity index (χ3n) is 5.93. The van der Waals surface area contributed by atoms with E-state index < -0.39 is 0 Å². The van der Waals surface area contributed by atoms with E-state index in [1.165, 1.54) is 0 Å². The van der Waals surface area contributed by atoms with E-state index in [9.17, 15) is 0 Å². The Labute approximate surface area is 209 Å². The van der Waals surface area contributed by atoms with E-state index in [0.29, 0.717) is 28.3 Å². The lowest BCUT2D eigenvalue weighted by molar-refractivity contribution is 0.355. The fourth-order valence-corrected chi connectivity index (χ4v) is 4.59. The number of aromatic nitrogens is 2. The third kappa shape index (κ3) is 4.24. The van der Waals surface area contributed by atoms with Crippen molar-refractivity contribution in [2.75, 3.05) is 19.1 Å². The zero-order valence-electron chi connectivity index (χ0n) is 19.6. The average molecular weight is 485 g/mol. The molecule has 1 aliphatic rings. The molecule has 1 aromatic heterocycles. The fraction of sp³-hybridized carbons (Fsp3) is 0.148. The van der Waals surface area contributed by atoms with Gasteiger partial charge in [-0.05, 0) is 55.0 Å². The zero-order chi connectivity index (χ0) is 24.4. The number of rotatable bonds is 6. The van der Waals surface area contributed by atoms with Crippen LogP contribution in [-0.4, -0.2) is 29.5 Å². The maximum absolute atomic E-state index is 5.83. The molecule has 4 aromatic rings. The molecule has 0 spiro atoms. The van der Waals surface area contributed by atoms with Gasteiger partial charge in [0.15, 0.2) is 16.6 Å². The molecule has 0 bridgehead atoms. The highest BCUT2D eigenvalue weighted by molar-refractivity contribution is 7.80. The van der Waals surface area contributed by atoms with Crippen LogP contribution in [0.2, 0.25) is 0 Å². The third-order valence-corrected chi connectivity index (χ3v) is 6.23. The van der Waals surface area contributed by atoms with Gasteiger partial charge in [0.05, 0.1) is 25.8 Å². The molecule has 1 N–H and O–H groups in total. The molecule has 2 heterocycles. The Balaban J connectivity index is 1.63. The Kier molecular flexibility index (Phi) is 6.20. The molecule has 0 saturated carbocycles. The van der Waals surface area contributed by atoms with Crippen molar-refractivity contribution in [3.05, 3.63) is 96.0 Å². The van der Waals surface area contributed by atoms with Gasteiger partial charge in [-0.25, -0.2) is 0 Å². The highest BCUT2D eigenvalue weighted by atomic mass is 32.1. The molecule has 3 aromatic carbocycles. The molecule has 0 radical (unpaired) electrons. The van der Waals surface area contributed by atoms with Gasteiger partial charge >= 0.3 is 0 Å². The van der Waals surface area contributed by atoms with Crippen LogP contribution in [0.15, 0.2) is 89.1 Å². The number of anilines is 1. The summed E-state index contributed by atoms with van der Waals surface area (Å²) in [5.41, 5.74) is 4.52. The Morgan fingerprint density at radius 2 is 1.60 bits per heavy atom. The van der Waals surface area contributed by atoms with Gasteiger partial charge in [-0.15, -0.1) is 0 Å². The molecular weight excluding hydrogens is 460 g/mol. The molecule has 0 fully saturated rings. The second-order valence-electron chi connectivity index (χ2n) is 7.96. The first kappa shape index (κ1) is 22.6. The van der Waals surface area contributed by atoms with Crippen LogP contribution in [0.25, 0.3) is 17.0 Å². The largest absolute Gasteiger partial charge is 0.493 e. The molecule has 8 heteroatoms. The molecular formula is C27H24N4O3S. The van der Waals surface area contributed by atoms with Crippen LogP contribution in [0.3, 0.4) is 0 Å². The Morgan fingerprint density at radius 1 is 0.914 bits per heavy atom. The normalized spacial score (nSPS) is 15.7. The fourth-order valence-electron chi connectivity index (χ4n) is 4.23. The number of hydrogen-bond donors (Lipinski definition) is 1. The summed E-state index contributed by atoms with van der Waals surface area (Å²) < 4.78 is 16.6. The van der Waals surface area contributed by atoms with Gasteiger partial charge in [0, 0.05) is 16.9 Å². The lowest BCUT2D eigenvalue weighted by Gasteiger charge is -2.37. The van der Waals surface area contributed by atoms with Crippen LogP contribution >= 0.6 is 12.2 Å². The highest BCUT2D eigenvalue weighted by Gasteiger charge is 2.34. The topological polar surface area (TPSA) is 72.7 Å². The molecule has 1 atom stereocenters. The van der Waals surface area contributed by atoms with Crippen molar-refractivity contribution in [1.29, 1.82) is 0 Å². The van der Waals surface area contributed by atoms with E-state index in [1.54, 1.807) is 14.2 Å². The first-order valence-electron chi connectivity index (χ1n) is 11.1. The Bertz CT molecular complexity index is 1390. The number of allylic oxidation sites excluding steroid dienone is 1. The van der Waals surface area contributed by atoms with Crippen LogP contribution in [0.5, 0.6) is 11.5 Å². The Hall–Kier alpha value is -4.17. The van der Waals surface area contributed by atoms with Crippen molar-refractivity contribution in [3.63, 3.8) is 0 Å². The van der Waals surface area contributed by atoms with E-state index in [1.807, 2.05) is 78.6 Å². The van der Waals surface area contributed by atoms with Gasteiger partial charge < -0.3 is 19.3 Å². The molecule has 0 amide bonds. The molecule has 7 nitrogen and oxygen atoms in total. The molecule has 0 saturated heterocycles. The lowest BCUT2D eigenvalue weighted by atomic mass is 9.94. The number of ether oxygens (including phenoxy) is 2. The van der Waals surface area contributed by atoms with E-state index in [-0.39, 0.29) is 6.04 Å². The van der Waals surface area contributed by atoms with Crippen molar-refractivity contribution in [3.8, 4) is 22.9 Å². The summed E-state index contributed by atoms with van der Waals surface area (Å²) in [5, 5.41) is 8.36.